The molecule has 30 heavy (non-hydrogen) atoms. The molecular weight excluding hydrogens is 412 g/mol. The third-order valence-electron chi connectivity index (χ3n) is 5.47. The number of ether oxygens (including phenoxy) is 2. The second-order valence-electron chi connectivity index (χ2n) is 7.56. The summed E-state index contributed by atoms with van der Waals surface area (Å²) in [5, 5.41) is 10.0. The maximum absolute atomic E-state index is 13.0. The van der Waals surface area contributed by atoms with Crippen molar-refractivity contribution in [3.05, 3.63) is 24.3 Å². The first-order chi connectivity index (χ1) is 14.3. The molecule has 2 atom stereocenters. The van der Waals surface area contributed by atoms with Crippen LogP contribution in [0.2, 0.25) is 0 Å². The van der Waals surface area contributed by atoms with Gasteiger partial charge in [0.1, 0.15) is 11.8 Å². The van der Waals surface area contributed by atoms with E-state index in [2.05, 4.69) is 0 Å². The molecule has 0 bridgehead atoms. The maximum Gasteiger partial charge on any atom is 0.325 e. The third kappa shape index (κ3) is 5.11. The van der Waals surface area contributed by atoms with E-state index in [1.165, 1.54) is 31.4 Å². The summed E-state index contributed by atoms with van der Waals surface area (Å²) in [6.45, 7) is 0.628. The molecule has 0 saturated carbocycles. The van der Waals surface area contributed by atoms with Gasteiger partial charge in [-0.1, -0.05) is 12.8 Å². The molecule has 0 spiro atoms. The Hall–Kier alpha value is -2.17. The van der Waals surface area contributed by atoms with Crippen molar-refractivity contribution in [2.45, 2.75) is 49.1 Å². The van der Waals surface area contributed by atoms with E-state index in [1.807, 2.05) is 0 Å². The lowest BCUT2D eigenvalue weighted by Gasteiger charge is -2.24. The summed E-state index contributed by atoms with van der Waals surface area (Å²) < 4.78 is 37.2. The van der Waals surface area contributed by atoms with Crippen LogP contribution in [0.3, 0.4) is 0 Å². The molecule has 3 rings (SSSR count). The number of hydrogen-bond acceptors (Lipinski definition) is 7. The van der Waals surface area contributed by atoms with E-state index in [9.17, 15) is 23.1 Å². The Labute approximate surface area is 176 Å². The lowest BCUT2D eigenvalue weighted by atomic mass is 10.2. The van der Waals surface area contributed by atoms with E-state index in [0.29, 0.717) is 18.8 Å². The fourth-order valence-corrected chi connectivity index (χ4v) is 5.41. The number of sulfonamides is 1. The molecule has 2 saturated heterocycles. The van der Waals surface area contributed by atoms with Gasteiger partial charge >= 0.3 is 5.97 Å². The van der Waals surface area contributed by atoms with Gasteiger partial charge in [-0.3, -0.25) is 9.59 Å². The first-order valence-corrected chi connectivity index (χ1v) is 11.6. The molecular formula is C20H28N2O7S. The molecule has 2 aliphatic heterocycles. The summed E-state index contributed by atoms with van der Waals surface area (Å²) >= 11 is 0. The zero-order chi connectivity index (χ0) is 21.7. The number of methoxy groups -OCH3 is 1. The molecule has 10 heteroatoms. The minimum atomic E-state index is -4.03. The summed E-state index contributed by atoms with van der Waals surface area (Å²) in [4.78, 5) is 26.6. The van der Waals surface area contributed by atoms with Gasteiger partial charge in [-0.15, -0.1) is 0 Å². The molecule has 1 aromatic rings. The monoisotopic (exact) mass is 440 g/mol. The number of rotatable bonds is 6. The van der Waals surface area contributed by atoms with E-state index >= 15 is 0 Å². The SMILES string of the molecule is COc1ccc(S(=O)(=O)N2C[C@@H](O)C[C@H]2C(=O)OCC(=O)N2CCCCCC2)cc1. The third-order valence-corrected chi connectivity index (χ3v) is 7.36. The fourth-order valence-electron chi connectivity index (χ4n) is 3.79. The van der Waals surface area contributed by atoms with Crippen molar-refractivity contribution < 1.29 is 32.6 Å². The topological polar surface area (TPSA) is 113 Å². The first-order valence-electron chi connectivity index (χ1n) is 10.1. The number of hydrogen-bond donors (Lipinski definition) is 1. The summed E-state index contributed by atoms with van der Waals surface area (Å²) in [6, 6.07) is 4.59. The summed E-state index contributed by atoms with van der Waals surface area (Å²) in [7, 11) is -2.56. The largest absolute Gasteiger partial charge is 0.497 e. The molecule has 1 aromatic carbocycles. The average Bonchev–Trinajstić information content (AvgIpc) is 2.96. The number of aliphatic hydroxyl groups is 1. The highest BCUT2D eigenvalue weighted by Crippen LogP contribution is 2.28. The normalized spacial score (nSPS) is 23.1. The smallest absolute Gasteiger partial charge is 0.325 e. The Bertz CT molecular complexity index is 848. The van der Waals surface area contributed by atoms with E-state index in [-0.39, 0.29) is 23.8 Å². The Morgan fingerprint density at radius 3 is 2.33 bits per heavy atom. The molecule has 9 nitrogen and oxygen atoms in total. The van der Waals surface area contributed by atoms with Crippen molar-refractivity contribution in [3.8, 4) is 5.75 Å². The van der Waals surface area contributed by atoms with Crippen molar-refractivity contribution in [1.82, 2.24) is 9.21 Å². The van der Waals surface area contributed by atoms with Crippen molar-refractivity contribution >= 4 is 21.9 Å². The van der Waals surface area contributed by atoms with Crippen LogP contribution in [0, 0.1) is 0 Å². The Kier molecular flexibility index (Phi) is 7.32. The molecule has 166 valence electrons. The molecule has 2 aliphatic rings. The maximum atomic E-state index is 13.0. The fraction of sp³-hybridized carbons (Fsp3) is 0.600. The number of aliphatic hydroxyl groups excluding tert-OH is 1. The van der Waals surface area contributed by atoms with Gasteiger partial charge in [0.15, 0.2) is 6.61 Å². The number of carbonyl (C=O) groups excluding carboxylic acids is 2. The lowest BCUT2D eigenvalue weighted by molar-refractivity contribution is -0.154. The zero-order valence-corrected chi connectivity index (χ0v) is 17.8. The van der Waals surface area contributed by atoms with Gasteiger partial charge in [-0.2, -0.15) is 4.31 Å². The number of amides is 1. The van der Waals surface area contributed by atoms with Crippen LogP contribution in [0.25, 0.3) is 0 Å². The van der Waals surface area contributed by atoms with Crippen LogP contribution < -0.4 is 4.74 Å². The van der Waals surface area contributed by atoms with Crippen molar-refractivity contribution in [1.29, 1.82) is 0 Å². The van der Waals surface area contributed by atoms with Gasteiger partial charge < -0.3 is 19.5 Å². The second-order valence-corrected chi connectivity index (χ2v) is 9.45. The highest BCUT2D eigenvalue weighted by atomic mass is 32.2. The van der Waals surface area contributed by atoms with Gasteiger partial charge in [0.2, 0.25) is 10.0 Å². The highest BCUT2D eigenvalue weighted by Gasteiger charge is 2.44. The molecule has 1 N–H and O–H groups in total. The van der Waals surface area contributed by atoms with E-state index < -0.39 is 34.7 Å². The predicted octanol–water partition coefficient (Wildman–Crippen LogP) is 0.765. The Morgan fingerprint density at radius 2 is 1.73 bits per heavy atom. The van der Waals surface area contributed by atoms with Gasteiger partial charge in [0.05, 0.1) is 18.1 Å². The number of esters is 1. The van der Waals surface area contributed by atoms with Crippen molar-refractivity contribution in [2.24, 2.45) is 0 Å². The molecule has 0 aliphatic carbocycles. The van der Waals surface area contributed by atoms with Crippen LogP contribution in [0.1, 0.15) is 32.1 Å². The standard InChI is InChI=1S/C20H28N2O7S/c1-28-16-6-8-17(9-7-16)30(26,27)22-13-15(23)12-18(22)20(25)29-14-19(24)21-10-4-2-3-5-11-21/h6-9,15,18,23H,2-5,10-14H2,1H3/t15-,18-/m0/s1. The summed E-state index contributed by atoms with van der Waals surface area (Å²) in [5.74, 6) is -0.612. The highest BCUT2D eigenvalue weighted by molar-refractivity contribution is 7.89. The van der Waals surface area contributed by atoms with E-state index in [0.717, 1.165) is 30.0 Å². The Balaban J connectivity index is 1.67. The zero-order valence-electron chi connectivity index (χ0n) is 17.0. The summed E-state index contributed by atoms with van der Waals surface area (Å²) in [6.07, 6.45) is 2.91. The van der Waals surface area contributed by atoms with Crippen molar-refractivity contribution in [2.75, 3.05) is 33.4 Å². The van der Waals surface area contributed by atoms with Crippen LogP contribution >= 0.6 is 0 Å². The van der Waals surface area contributed by atoms with Crippen LogP contribution in [-0.4, -0.2) is 80.1 Å². The van der Waals surface area contributed by atoms with Gasteiger partial charge in [0, 0.05) is 26.1 Å². The molecule has 0 unspecified atom stereocenters. The quantitative estimate of drug-likeness (QED) is 0.650. The van der Waals surface area contributed by atoms with Crippen LogP contribution in [0.5, 0.6) is 5.75 Å². The van der Waals surface area contributed by atoms with Crippen LogP contribution in [0.15, 0.2) is 29.2 Å². The average molecular weight is 441 g/mol. The van der Waals surface area contributed by atoms with E-state index in [4.69, 9.17) is 9.47 Å². The molecule has 2 heterocycles. The van der Waals surface area contributed by atoms with Gasteiger partial charge in [-0.05, 0) is 37.1 Å². The minimum Gasteiger partial charge on any atom is -0.497 e. The molecule has 0 radical (unpaired) electrons. The Morgan fingerprint density at radius 1 is 1.10 bits per heavy atom. The number of benzene rings is 1. The number of nitrogens with zero attached hydrogens (tertiary/aromatic N) is 2. The number of likely N-dealkylation sites (tertiary alicyclic amines) is 1. The molecule has 0 aromatic heterocycles. The summed E-state index contributed by atoms with van der Waals surface area (Å²) in [5.41, 5.74) is 0. The van der Waals surface area contributed by atoms with Crippen LogP contribution in [0.4, 0.5) is 0 Å². The van der Waals surface area contributed by atoms with Gasteiger partial charge in [0.25, 0.3) is 5.91 Å². The number of β-amino-alcohol motifs (C(OH)–C–C–N with tert-alkyl or cyclic N) is 1. The van der Waals surface area contributed by atoms with Crippen molar-refractivity contribution in [3.63, 3.8) is 0 Å². The number of carbonyl (C=O) groups is 2. The second kappa shape index (κ2) is 9.76. The predicted molar refractivity (Wildman–Crippen MR) is 107 cm³/mol. The van der Waals surface area contributed by atoms with Gasteiger partial charge in [-0.25, -0.2) is 8.42 Å². The minimum absolute atomic E-state index is 0.0177. The van der Waals surface area contributed by atoms with Crippen LogP contribution in [-0.2, 0) is 24.3 Å². The lowest BCUT2D eigenvalue weighted by Crippen LogP contribution is -2.43. The first kappa shape index (κ1) is 22.5. The molecule has 1 amide bonds. The molecule has 2 fully saturated rings. The van der Waals surface area contributed by atoms with E-state index in [1.54, 1.807) is 4.90 Å².